The Balaban J connectivity index is 2.05. The molecule has 1 aromatic carbocycles. The van der Waals surface area contributed by atoms with Gasteiger partial charge in [-0.25, -0.2) is 4.68 Å². The van der Waals surface area contributed by atoms with Gasteiger partial charge in [0.15, 0.2) is 0 Å². The Bertz CT molecular complexity index is 759. The molecule has 1 aliphatic heterocycles. The maximum atomic E-state index is 6.43. The molecule has 0 saturated carbocycles. The van der Waals surface area contributed by atoms with Gasteiger partial charge in [0.05, 0.1) is 16.8 Å². The first-order valence-corrected chi connectivity index (χ1v) is 7.42. The van der Waals surface area contributed by atoms with Crippen LogP contribution in [0, 0.1) is 0 Å². The number of fused-ring (bicyclic) bond motifs is 1. The van der Waals surface area contributed by atoms with Crippen molar-refractivity contribution in [2.75, 3.05) is 11.9 Å². The van der Waals surface area contributed by atoms with Gasteiger partial charge in [-0.1, -0.05) is 17.7 Å². The maximum Gasteiger partial charge on any atom is 0.141 e. The summed E-state index contributed by atoms with van der Waals surface area (Å²) in [6.45, 7) is 6.51. The molecule has 1 aromatic heterocycles. The normalized spacial score (nSPS) is 16.8. The minimum Gasteiger partial charge on any atom is -0.365 e. The number of hydrogen-bond donors (Lipinski definition) is 0. The smallest absolute Gasteiger partial charge is 0.141 e. The topological polar surface area (TPSA) is 46.3 Å². The molecule has 0 N–H and O–H groups in total. The van der Waals surface area contributed by atoms with Crippen LogP contribution in [0.25, 0.3) is 5.57 Å². The summed E-state index contributed by atoms with van der Waals surface area (Å²) >= 11 is 6.43. The molecule has 0 spiro atoms. The minimum atomic E-state index is -0.0293. The lowest BCUT2D eigenvalue weighted by Crippen LogP contribution is -2.42. The van der Waals surface area contributed by atoms with Gasteiger partial charge >= 0.3 is 0 Å². The molecule has 0 radical (unpaired) electrons. The zero-order valence-electron chi connectivity index (χ0n) is 13.1. The van der Waals surface area contributed by atoms with Crippen LogP contribution in [0.5, 0.6) is 0 Å². The molecule has 0 amide bonds. The Labute approximate surface area is 134 Å². The molecule has 0 saturated heterocycles. The quantitative estimate of drug-likeness (QED) is 0.797. The zero-order chi connectivity index (χ0) is 15.9. The van der Waals surface area contributed by atoms with E-state index in [1.807, 2.05) is 6.07 Å². The zero-order valence-corrected chi connectivity index (χ0v) is 13.8. The molecular weight excluding hydrogens is 298 g/mol. The first-order valence-electron chi connectivity index (χ1n) is 7.05. The highest BCUT2D eigenvalue weighted by Gasteiger charge is 2.28. The Morgan fingerprint density at radius 1 is 1.23 bits per heavy atom. The molecule has 6 heteroatoms. The summed E-state index contributed by atoms with van der Waals surface area (Å²) in [7, 11) is 2.09. The average molecular weight is 316 g/mol. The SMILES string of the molecule is CC1=CC(C)(C)N(C)c2cc(Cl)c(/C=N\n3cnnc3)cc21. The van der Waals surface area contributed by atoms with Crippen molar-refractivity contribution in [3.63, 3.8) is 0 Å². The van der Waals surface area contributed by atoms with Crippen LogP contribution in [0.15, 0.2) is 36.0 Å². The molecule has 2 heterocycles. The highest BCUT2D eigenvalue weighted by molar-refractivity contribution is 6.33. The number of allylic oxidation sites excluding steroid dienone is 1. The summed E-state index contributed by atoms with van der Waals surface area (Å²) in [5, 5.41) is 12.4. The van der Waals surface area contributed by atoms with E-state index in [4.69, 9.17) is 11.6 Å². The van der Waals surface area contributed by atoms with E-state index >= 15 is 0 Å². The molecule has 0 unspecified atom stereocenters. The number of likely N-dealkylation sites (N-methyl/N-ethyl adjacent to an activating group) is 1. The second-order valence-corrected chi connectivity index (χ2v) is 6.42. The number of benzene rings is 1. The third kappa shape index (κ3) is 2.52. The standard InChI is InChI=1S/C16H18ClN5/c1-11-7-16(2,3)21(4)15-6-14(17)12(5-13(11)15)8-20-22-9-18-19-10-22/h5-10H,1-4H3/b20-8-. The van der Waals surface area contributed by atoms with Crippen LogP contribution in [-0.2, 0) is 0 Å². The fraction of sp³-hybridized carbons (Fsp3) is 0.312. The summed E-state index contributed by atoms with van der Waals surface area (Å²) in [4.78, 5) is 2.24. The number of aromatic nitrogens is 3. The lowest BCUT2D eigenvalue weighted by Gasteiger charge is -2.40. The Kier molecular flexibility index (Phi) is 3.53. The molecular formula is C16H18ClN5. The van der Waals surface area contributed by atoms with Gasteiger partial charge in [-0.15, -0.1) is 10.2 Å². The van der Waals surface area contributed by atoms with Crippen LogP contribution in [0.1, 0.15) is 31.9 Å². The van der Waals surface area contributed by atoms with Crippen LogP contribution in [0.3, 0.4) is 0 Å². The number of rotatable bonds is 2. The van der Waals surface area contributed by atoms with Crippen molar-refractivity contribution in [2.24, 2.45) is 5.10 Å². The molecule has 114 valence electrons. The minimum absolute atomic E-state index is 0.0293. The summed E-state index contributed by atoms with van der Waals surface area (Å²) in [5.41, 5.74) is 4.40. The fourth-order valence-electron chi connectivity index (χ4n) is 2.67. The van der Waals surface area contributed by atoms with Crippen molar-refractivity contribution in [1.29, 1.82) is 0 Å². The number of nitrogens with zero attached hydrogens (tertiary/aromatic N) is 5. The maximum absolute atomic E-state index is 6.43. The van der Waals surface area contributed by atoms with E-state index in [1.165, 1.54) is 28.5 Å². The first-order chi connectivity index (χ1) is 10.4. The molecule has 1 aliphatic rings. The summed E-state index contributed by atoms with van der Waals surface area (Å²) in [5.74, 6) is 0. The van der Waals surface area contributed by atoms with E-state index < -0.39 is 0 Å². The number of halogens is 1. The van der Waals surface area contributed by atoms with E-state index in [1.54, 1.807) is 6.21 Å². The van der Waals surface area contributed by atoms with Crippen LogP contribution in [-0.4, -0.2) is 33.7 Å². The number of hydrogen-bond acceptors (Lipinski definition) is 4. The average Bonchev–Trinajstić information content (AvgIpc) is 2.96. The van der Waals surface area contributed by atoms with Gasteiger partial charge in [0, 0.05) is 23.9 Å². The molecule has 0 fully saturated rings. The van der Waals surface area contributed by atoms with Gasteiger partial charge in [0.1, 0.15) is 12.7 Å². The molecule has 0 atom stereocenters. The second-order valence-electron chi connectivity index (χ2n) is 6.02. The van der Waals surface area contributed by atoms with Crippen molar-refractivity contribution in [3.8, 4) is 0 Å². The van der Waals surface area contributed by atoms with E-state index in [0.717, 1.165) is 11.3 Å². The van der Waals surface area contributed by atoms with Crippen LogP contribution in [0.4, 0.5) is 5.69 Å². The summed E-state index contributed by atoms with van der Waals surface area (Å²) in [6.07, 6.45) is 7.05. The van der Waals surface area contributed by atoms with Crippen LogP contribution >= 0.6 is 11.6 Å². The lowest BCUT2D eigenvalue weighted by molar-refractivity contribution is 0.598. The highest BCUT2D eigenvalue weighted by atomic mass is 35.5. The third-order valence-corrected chi connectivity index (χ3v) is 4.40. The van der Waals surface area contributed by atoms with Gasteiger partial charge < -0.3 is 4.90 Å². The molecule has 5 nitrogen and oxygen atoms in total. The third-order valence-electron chi connectivity index (χ3n) is 4.07. The van der Waals surface area contributed by atoms with Crippen LogP contribution in [0.2, 0.25) is 5.02 Å². The molecule has 2 aromatic rings. The van der Waals surface area contributed by atoms with Gasteiger partial charge in [0.2, 0.25) is 0 Å². The molecule has 0 aliphatic carbocycles. The Morgan fingerprint density at radius 2 is 1.91 bits per heavy atom. The monoisotopic (exact) mass is 315 g/mol. The predicted molar refractivity (Wildman–Crippen MR) is 90.6 cm³/mol. The Hall–Kier alpha value is -2.14. The van der Waals surface area contributed by atoms with E-state index in [9.17, 15) is 0 Å². The highest BCUT2D eigenvalue weighted by Crippen LogP contribution is 2.40. The first kappa shape index (κ1) is 14.8. The molecule has 22 heavy (non-hydrogen) atoms. The van der Waals surface area contributed by atoms with Crippen molar-refractivity contribution >= 4 is 29.1 Å². The summed E-state index contributed by atoms with van der Waals surface area (Å²) < 4.78 is 1.54. The van der Waals surface area contributed by atoms with Crippen molar-refractivity contribution in [2.45, 2.75) is 26.3 Å². The lowest BCUT2D eigenvalue weighted by atomic mass is 9.88. The van der Waals surface area contributed by atoms with Crippen molar-refractivity contribution in [3.05, 3.63) is 47.0 Å². The second kappa shape index (κ2) is 5.25. The molecule has 3 rings (SSSR count). The van der Waals surface area contributed by atoms with E-state index in [0.29, 0.717) is 5.02 Å². The Morgan fingerprint density at radius 3 is 2.59 bits per heavy atom. The van der Waals surface area contributed by atoms with Crippen LogP contribution < -0.4 is 4.90 Å². The van der Waals surface area contributed by atoms with Gasteiger partial charge in [-0.2, -0.15) is 5.10 Å². The van der Waals surface area contributed by atoms with Crippen molar-refractivity contribution in [1.82, 2.24) is 14.9 Å². The number of anilines is 1. The van der Waals surface area contributed by atoms with E-state index in [2.05, 4.69) is 60.2 Å². The largest absolute Gasteiger partial charge is 0.365 e. The van der Waals surface area contributed by atoms with Gasteiger partial charge in [-0.05, 0) is 38.5 Å². The van der Waals surface area contributed by atoms with Crippen molar-refractivity contribution < 1.29 is 0 Å². The summed E-state index contributed by atoms with van der Waals surface area (Å²) in [6, 6.07) is 4.08. The van der Waals surface area contributed by atoms with Gasteiger partial charge in [-0.3, -0.25) is 0 Å². The van der Waals surface area contributed by atoms with Gasteiger partial charge in [0.25, 0.3) is 0 Å². The fourth-order valence-corrected chi connectivity index (χ4v) is 2.88. The molecule has 0 bridgehead atoms. The van der Waals surface area contributed by atoms with E-state index in [-0.39, 0.29) is 5.54 Å². The predicted octanol–water partition coefficient (Wildman–Crippen LogP) is 3.45.